The zero-order chi connectivity index (χ0) is 10.7. The molecule has 0 unspecified atom stereocenters. The van der Waals surface area contributed by atoms with E-state index < -0.39 is 5.82 Å². The SMILES string of the molecule is COc1cc(F)c(Br)c(CCN)c1O. The van der Waals surface area contributed by atoms with E-state index in [0.717, 1.165) is 6.07 Å². The predicted molar refractivity (Wildman–Crippen MR) is 55.1 cm³/mol. The number of nitrogens with two attached hydrogens (primary N) is 1. The number of halogens is 2. The highest BCUT2D eigenvalue weighted by atomic mass is 79.9. The topological polar surface area (TPSA) is 55.5 Å². The van der Waals surface area contributed by atoms with Crippen LogP contribution in [0.2, 0.25) is 0 Å². The van der Waals surface area contributed by atoms with Gasteiger partial charge in [0.15, 0.2) is 11.5 Å². The Balaban J connectivity index is 3.29. The maximum atomic E-state index is 13.3. The van der Waals surface area contributed by atoms with Crippen LogP contribution in [0, 0.1) is 5.82 Å². The van der Waals surface area contributed by atoms with Crippen molar-refractivity contribution in [2.45, 2.75) is 6.42 Å². The summed E-state index contributed by atoms with van der Waals surface area (Å²) in [4.78, 5) is 0. The molecule has 3 nitrogen and oxygen atoms in total. The minimum Gasteiger partial charge on any atom is -0.504 e. The molecule has 0 amide bonds. The summed E-state index contributed by atoms with van der Waals surface area (Å²) in [6.45, 7) is 0.332. The first-order chi connectivity index (χ1) is 6.61. The van der Waals surface area contributed by atoms with Crippen molar-refractivity contribution in [1.29, 1.82) is 0 Å². The molecule has 14 heavy (non-hydrogen) atoms. The number of phenols is 1. The van der Waals surface area contributed by atoms with Crippen LogP contribution in [-0.4, -0.2) is 18.8 Å². The van der Waals surface area contributed by atoms with Gasteiger partial charge in [0.25, 0.3) is 0 Å². The third-order valence-electron chi connectivity index (χ3n) is 1.87. The van der Waals surface area contributed by atoms with Gasteiger partial charge in [0.1, 0.15) is 5.82 Å². The number of hydrogen-bond donors (Lipinski definition) is 2. The maximum absolute atomic E-state index is 13.3. The molecule has 0 atom stereocenters. The summed E-state index contributed by atoms with van der Waals surface area (Å²) >= 11 is 3.05. The second kappa shape index (κ2) is 4.61. The quantitative estimate of drug-likeness (QED) is 0.875. The number of aromatic hydroxyl groups is 1. The van der Waals surface area contributed by atoms with Crippen LogP contribution in [0.25, 0.3) is 0 Å². The lowest BCUT2D eigenvalue weighted by atomic mass is 10.1. The number of ether oxygens (including phenoxy) is 1. The van der Waals surface area contributed by atoms with Crippen LogP contribution in [-0.2, 0) is 6.42 Å². The van der Waals surface area contributed by atoms with Gasteiger partial charge in [-0.05, 0) is 28.9 Å². The van der Waals surface area contributed by atoms with Gasteiger partial charge in [-0.3, -0.25) is 0 Å². The van der Waals surface area contributed by atoms with Gasteiger partial charge >= 0.3 is 0 Å². The third kappa shape index (κ3) is 1.99. The molecule has 0 aromatic heterocycles. The number of phenolic OH excluding ortho intramolecular Hbond substituents is 1. The smallest absolute Gasteiger partial charge is 0.163 e. The van der Waals surface area contributed by atoms with Gasteiger partial charge in [0.05, 0.1) is 11.6 Å². The molecule has 0 radical (unpaired) electrons. The first kappa shape index (κ1) is 11.3. The van der Waals surface area contributed by atoms with Crippen molar-refractivity contribution >= 4 is 15.9 Å². The van der Waals surface area contributed by atoms with E-state index in [1.54, 1.807) is 0 Å². The molecule has 0 bridgehead atoms. The number of hydrogen-bond acceptors (Lipinski definition) is 3. The number of methoxy groups -OCH3 is 1. The Kier molecular flexibility index (Phi) is 3.71. The molecule has 0 saturated heterocycles. The van der Waals surface area contributed by atoms with Gasteiger partial charge < -0.3 is 15.6 Å². The van der Waals surface area contributed by atoms with Crippen LogP contribution in [0.5, 0.6) is 11.5 Å². The minimum absolute atomic E-state index is 0.0637. The van der Waals surface area contributed by atoms with Gasteiger partial charge in [0, 0.05) is 11.6 Å². The van der Waals surface area contributed by atoms with Crippen molar-refractivity contribution in [3.8, 4) is 11.5 Å². The Morgan fingerprint density at radius 2 is 2.29 bits per heavy atom. The van der Waals surface area contributed by atoms with E-state index in [1.807, 2.05) is 0 Å². The Morgan fingerprint density at radius 1 is 1.64 bits per heavy atom. The first-order valence-electron chi connectivity index (χ1n) is 4.05. The van der Waals surface area contributed by atoms with Gasteiger partial charge in [-0.2, -0.15) is 0 Å². The largest absolute Gasteiger partial charge is 0.504 e. The van der Waals surface area contributed by atoms with Crippen molar-refractivity contribution in [2.75, 3.05) is 13.7 Å². The molecule has 0 aliphatic heterocycles. The standard InChI is InChI=1S/C9H11BrFNO2/c1-14-7-4-6(11)8(10)5(2-3-12)9(7)13/h4,13H,2-3,12H2,1H3. The van der Waals surface area contributed by atoms with E-state index in [4.69, 9.17) is 10.5 Å². The summed E-state index contributed by atoms with van der Waals surface area (Å²) in [6.07, 6.45) is 0.389. The lowest BCUT2D eigenvalue weighted by molar-refractivity contribution is 0.366. The normalized spacial score (nSPS) is 10.3. The highest BCUT2D eigenvalue weighted by molar-refractivity contribution is 9.10. The second-order valence-corrected chi connectivity index (χ2v) is 3.53. The summed E-state index contributed by atoms with van der Waals surface area (Å²) in [6, 6.07) is 1.12. The number of rotatable bonds is 3. The second-order valence-electron chi connectivity index (χ2n) is 2.74. The van der Waals surface area contributed by atoms with E-state index in [1.165, 1.54) is 7.11 Å². The van der Waals surface area contributed by atoms with E-state index in [2.05, 4.69) is 15.9 Å². The zero-order valence-corrected chi connectivity index (χ0v) is 9.27. The molecule has 0 heterocycles. The molecule has 1 aromatic rings. The molecule has 0 aliphatic rings. The maximum Gasteiger partial charge on any atom is 0.163 e. The summed E-state index contributed by atoms with van der Waals surface area (Å²) in [7, 11) is 1.37. The summed E-state index contributed by atoms with van der Waals surface area (Å²) < 4.78 is 18.3. The Labute approximate surface area is 89.8 Å². The molecule has 1 aromatic carbocycles. The number of benzene rings is 1. The van der Waals surface area contributed by atoms with Crippen molar-refractivity contribution in [2.24, 2.45) is 5.73 Å². The van der Waals surface area contributed by atoms with Crippen LogP contribution in [0.3, 0.4) is 0 Å². The van der Waals surface area contributed by atoms with Crippen molar-refractivity contribution < 1.29 is 14.2 Å². The third-order valence-corrected chi connectivity index (χ3v) is 2.72. The molecule has 3 N–H and O–H groups in total. The van der Waals surface area contributed by atoms with Crippen LogP contribution < -0.4 is 10.5 Å². The molecule has 0 saturated carbocycles. The fourth-order valence-corrected chi connectivity index (χ4v) is 1.67. The fraction of sp³-hybridized carbons (Fsp3) is 0.333. The van der Waals surface area contributed by atoms with Gasteiger partial charge in [-0.25, -0.2) is 4.39 Å². The van der Waals surface area contributed by atoms with Crippen molar-refractivity contribution in [1.82, 2.24) is 0 Å². The van der Waals surface area contributed by atoms with Gasteiger partial charge in [-0.1, -0.05) is 0 Å². The molecule has 1 rings (SSSR count). The lowest BCUT2D eigenvalue weighted by Crippen LogP contribution is -2.05. The van der Waals surface area contributed by atoms with Crippen LogP contribution in [0.15, 0.2) is 10.5 Å². The monoisotopic (exact) mass is 263 g/mol. The van der Waals surface area contributed by atoms with E-state index in [-0.39, 0.29) is 16.0 Å². The Morgan fingerprint density at radius 3 is 2.79 bits per heavy atom. The highest BCUT2D eigenvalue weighted by Gasteiger charge is 2.15. The van der Waals surface area contributed by atoms with Crippen LogP contribution >= 0.6 is 15.9 Å². The molecular formula is C9H11BrFNO2. The average Bonchev–Trinajstić information content (AvgIpc) is 2.18. The predicted octanol–water partition coefficient (Wildman–Crippen LogP) is 1.80. The molecule has 0 aliphatic carbocycles. The lowest BCUT2D eigenvalue weighted by Gasteiger charge is -2.11. The van der Waals surface area contributed by atoms with Crippen molar-refractivity contribution in [3.05, 3.63) is 21.9 Å². The molecule has 0 spiro atoms. The summed E-state index contributed by atoms with van der Waals surface area (Å²) in [5.41, 5.74) is 5.78. The molecule has 0 fully saturated rings. The first-order valence-corrected chi connectivity index (χ1v) is 4.85. The van der Waals surface area contributed by atoms with Crippen molar-refractivity contribution in [3.63, 3.8) is 0 Å². The zero-order valence-electron chi connectivity index (χ0n) is 7.68. The van der Waals surface area contributed by atoms with E-state index in [0.29, 0.717) is 18.5 Å². The van der Waals surface area contributed by atoms with Gasteiger partial charge in [-0.15, -0.1) is 0 Å². The molecule has 5 heteroatoms. The average molecular weight is 264 g/mol. The summed E-state index contributed by atoms with van der Waals surface area (Å²) in [5.74, 6) is -0.413. The fourth-order valence-electron chi connectivity index (χ4n) is 1.17. The van der Waals surface area contributed by atoms with Gasteiger partial charge in [0.2, 0.25) is 0 Å². The van der Waals surface area contributed by atoms with E-state index >= 15 is 0 Å². The van der Waals surface area contributed by atoms with E-state index in [9.17, 15) is 9.50 Å². The summed E-state index contributed by atoms with van der Waals surface area (Å²) in [5, 5.41) is 9.65. The molecular weight excluding hydrogens is 253 g/mol. The van der Waals surface area contributed by atoms with Crippen LogP contribution in [0.1, 0.15) is 5.56 Å². The van der Waals surface area contributed by atoms with Crippen LogP contribution in [0.4, 0.5) is 4.39 Å². The Hall–Kier alpha value is -0.810. The highest BCUT2D eigenvalue weighted by Crippen LogP contribution is 2.37. The Bertz CT molecular complexity index is 344. The minimum atomic E-state index is -0.469. The molecule has 78 valence electrons.